The van der Waals surface area contributed by atoms with Crippen LogP contribution in [0.3, 0.4) is 0 Å². The second-order valence-corrected chi connectivity index (χ2v) is 4.85. The van der Waals surface area contributed by atoms with Gasteiger partial charge in [-0.1, -0.05) is 17.7 Å². The lowest BCUT2D eigenvalue weighted by molar-refractivity contribution is 0.630. The SMILES string of the molecule is C#CCCCCNCc1ccc(Br)c(Cl)c1. The maximum Gasteiger partial charge on any atom is 0.0551 e. The highest BCUT2D eigenvalue weighted by Gasteiger charge is 1.98. The van der Waals surface area contributed by atoms with Crippen molar-refractivity contribution in [1.82, 2.24) is 5.32 Å². The zero-order chi connectivity index (χ0) is 11.8. The van der Waals surface area contributed by atoms with E-state index in [4.69, 9.17) is 18.0 Å². The normalized spacial score (nSPS) is 10.1. The standard InChI is InChI=1S/C13H15BrClN/c1-2-3-4-5-8-16-10-11-6-7-12(14)13(15)9-11/h1,6-7,9,16H,3-5,8,10H2. The van der Waals surface area contributed by atoms with Gasteiger partial charge >= 0.3 is 0 Å². The Morgan fingerprint density at radius 2 is 2.19 bits per heavy atom. The van der Waals surface area contributed by atoms with Crippen molar-refractivity contribution in [2.75, 3.05) is 6.54 Å². The van der Waals surface area contributed by atoms with Gasteiger partial charge in [-0.05, 0) is 53.0 Å². The molecule has 0 bridgehead atoms. The third-order valence-electron chi connectivity index (χ3n) is 2.24. The number of hydrogen-bond acceptors (Lipinski definition) is 1. The Bertz CT molecular complexity index is 371. The molecule has 0 saturated carbocycles. The quantitative estimate of drug-likeness (QED) is 0.618. The molecule has 0 unspecified atom stereocenters. The highest BCUT2D eigenvalue weighted by atomic mass is 79.9. The molecular weight excluding hydrogens is 286 g/mol. The molecule has 1 aromatic carbocycles. The number of nitrogens with one attached hydrogen (secondary N) is 1. The first-order valence-corrected chi connectivity index (χ1v) is 6.49. The van der Waals surface area contributed by atoms with Crippen LogP contribution >= 0.6 is 27.5 Å². The summed E-state index contributed by atoms with van der Waals surface area (Å²) >= 11 is 9.37. The van der Waals surface area contributed by atoms with Crippen LogP contribution < -0.4 is 5.32 Å². The van der Waals surface area contributed by atoms with Crippen LogP contribution in [0, 0.1) is 12.3 Å². The summed E-state index contributed by atoms with van der Waals surface area (Å²) < 4.78 is 0.937. The van der Waals surface area contributed by atoms with Gasteiger partial charge in [-0.25, -0.2) is 0 Å². The second kappa shape index (κ2) is 7.73. The Morgan fingerprint density at radius 1 is 1.38 bits per heavy atom. The Balaban J connectivity index is 2.22. The van der Waals surface area contributed by atoms with E-state index in [-0.39, 0.29) is 0 Å². The van der Waals surface area contributed by atoms with Gasteiger partial charge in [0.05, 0.1) is 5.02 Å². The van der Waals surface area contributed by atoms with Crippen molar-refractivity contribution in [1.29, 1.82) is 0 Å². The van der Waals surface area contributed by atoms with Crippen LogP contribution in [0.1, 0.15) is 24.8 Å². The van der Waals surface area contributed by atoms with Crippen LogP contribution in [0.4, 0.5) is 0 Å². The molecule has 0 aliphatic heterocycles. The van der Waals surface area contributed by atoms with Crippen molar-refractivity contribution < 1.29 is 0 Å². The fraction of sp³-hybridized carbons (Fsp3) is 0.385. The number of unbranched alkanes of at least 4 members (excludes halogenated alkanes) is 2. The summed E-state index contributed by atoms with van der Waals surface area (Å²) in [6.07, 6.45) is 8.25. The van der Waals surface area contributed by atoms with Gasteiger partial charge in [-0.15, -0.1) is 12.3 Å². The van der Waals surface area contributed by atoms with E-state index < -0.39 is 0 Å². The van der Waals surface area contributed by atoms with Crippen LogP contribution in [-0.2, 0) is 6.54 Å². The predicted octanol–water partition coefficient (Wildman–Crippen LogP) is 4.00. The fourth-order valence-electron chi connectivity index (χ4n) is 1.36. The Labute approximate surface area is 111 Å². The van der Waals surface area contributed by atoms with Gasteiger partial charge in [0.2, 0.25) is 0 Å². The van der Waals surface area contributed by atoms with Crippen molar-refractivity contribution in [3.8, 4) is 12.3 Å². The molecule has 1 rings (SSSR count). The topological polar surface area (TPSA) is 12.0 Å². The minimum Gasteiger partial charge on any atom is -0.313 e. The molecule has 1 N–H and O–H groups in total. The summed E-state index contributed by atoms with van der Waals surface area (Å²) in [6.45, 7) is 1.85. The first kappa shape index (κ1) is 13.6. The molecular formula is C13H15BrClN. The van der Waals surface area contributed by atoms with E-state index in [1.54, 1.807) is 0 Å². The van der Waals surface area contributed by atoms with Gasteiger partial charge in [0.1, 0.15) is 0 Å². The van der Waals surface area contributed by atoms with E-state index in [1.807, 2.05) is 12.1 Å². The van der Waals surface area contributed by atoms with E-state index in [9.17, 15) is 0 Å². The minimum absolute atomic E-state index is 0.756. The average molecular weight is 301 g/mol. The molecule has 0 fully saturated rings. The van der Waals surface area contributed by atoms with E-state index in [0.717, 1.165) is 41.8 Å². The summed E-state index contributed by atoms with van der Waals surface area (Å²) in [6, 6.07) is 6.00. The average Bonchev–Trinajstić information content (AvgIpc) is 2.28. The number of hydrogen-bond donors (Lipinski definition) is 1. The number of benzene rings is 1. The zero-order valence-electron chi connectivity index (χ0n) is 9.10. The van der Waals surface area contributed by atoms with Crippen molar-refractivity contribution in [3.05, 3.63) is 33.3 Å². The van der Waals surface area contributed by atoms with E-state index in [0.29, 0.717) is 0 Å². The largest absolute Gasteiger partial charge is 0.313 e. The first-order chi connectivity index (χ1) is 7.74. The summed E-state index contributed by atoms with van der Waals surface area (Å²) in [5.74, 6) is 2.64. The molecule has 0 amide bonds. The molecule has 0 atom stereocenters. The van der Waals surface area contributed by atoms with Crippen molar-refractivity contribution >= 4 is 27.5 Å². The monoisotopic (exact) mass is 299 g/mol. The van der Waals surface area contributed by atoms with Crippen LogP contribution in [-0.4, -0.2) is 6.54 Å². The van der Waals surface area contributed by atoms with Gasteiger partial charge in [0.15, 0.2) is 0 Å². The molecule has 0 aromatic heterocycles. The third kappa shape index (κ3) is 5.03. The molecule has 0 radical (unpaired) electrons. The summed E-state index contributed by atoms with van der Waals surface area (Å²) in [5, 5.41) is 4.12. The van der Waals surface area contributed by atoms with Crippen molar-refractivity contribution in [2.24, 2.45) is 0 Å². The summed E-state index contributed by atoms with van der Waals surface area (Å²) in [5.41, 5.74) is 1.20. The van der Waals surface area contributed by atoms with Crippen molar-refractivity contribution in [3.63, 3.8) is 0 Å². The smallest absolute Gasteiger partial charge is 0.0551 e. The fourth-order valence-corrected chi connectivity index (χ4v) is 1.81. The zero-order valence-corrected chi connectivity index (χ0v) is 11.4. The molecule has 1 aromatic rings. The van der Waals surface area contributed by atoms with Crippen LogP contribution in [0.5, 0.6) is 0 Å². The highest BCUT2D eigenvalue weighted by molar-refractivity contribution is 9.10. The molecule has 1 nitrogen and oxygen atoms in total. The third-order valence-corrected chi connectivity index (χ3v) is 3.47. The maximum atomic E-state index is 6.00. The Kier molecular flexibility index (Phi) is 6.56. The van der Waals surface area contributed by atoms with E-state index in [2.05, 4.69) is 33.2 Å². The molecule has 86 valence electrons. The Hall–Kier alpha value is -0.490. The predicted molar refractivity (Wildman–Crippen MR) is 73.5 cm³/mol. The second-order valence-electron chi connectivity index (χ2n) is 3.59. The van der Waals surface area contributed by atoms with Gasteiger partial charge in [-0.2, -0.15) is 0 Å². The van der Waals surface area contributed by atoms with Gasteiger partial charge in [0, 0.05) is 17.4 Å². The van der Waals surface area contributed by atoms with E-state index in [1.165, 1.54) is 5.56 Å². The van der Waals surface area contributed by atoms with Crippen molar-refractivity contribution in [2.45, 2.75) is 25.8 Å². The van der Waals surface area contributed by atoms with E-state index >= 15 is 0 Å². The summed E-state index contributed by atoms with van der Waals surface area (Å²) in [7, 11) is 0. The molecule has 0 aliphatic carbocycles. The Morgan fingerprint density at radius 3 is 2.88 bits per heavy atom. The summed E-state index contributed by atoms with van der Waals surface area (Å²) in [4.78, 5) is 0. The highest BCUT2D eigenvalue weighted by Crippen LogP contribution is 2.22. The maximum absolute atomic E-state index is 6.00. The lowest BCUT2D eigenvalue weighted by Gasteiger charge is -2.05. The molecule has 0 spiro atoms. The molecule has 16 heavy (non-hydrogen) atoms. The molecule has 0 heterocycles. The van der Waals surface area contributed by atoms with Gasteiger partial charge in [-0.3, -0.25) is 0 Å². The number of terminal acetylenes is 1. The van der Waals surface area contributed by atoms with Gasteiger partial charge in [0.25, 0.3) is 0 Å². The minimum atomic E-state index is 0.756. The first-order valence-electron chi connectivity index (χ1n) is 5.32. The van der Waals surface area contributed by atoms with Gasteiger partial charge < -0.3 is 5.32 Å². The lowest BCUT2D eigenvalue weighted by atomic mass is 10.2. The molecule has 0 saturated heterocycles. The number of rotatable bonds is 6. The molecule has 0 aliphatic rings. The van der Waals surface area contributed by atoms with Crippen LogP contribution in [0.15, 0.2) is 22.7 Å². The number of halogens is 2. The van der Waals surface area contributed by atoms with Crippen LogP contribution in [0.25, 0.3) is 0 Å². The lowest BCUT2D eigenvalue weighted by Crippen LogP contribution is -2.14. The van der Waals surface area contributed by atoms with Crippen LogP contribution in [0.2, 0.25) is 5.02 Å². The molecule has 3 heteroatoms.